The minimum absolute atomic E-state index is 0.115. The molecule has 0 aliphatic carbocycles. The van der Waals surface area contributed by atoms with Crippen LogP contribution in [-0.2, 0) is 13.6 Å². The number of aryl methyl sites for hydroxylation is 1. The van der Waals surface area contributed by atoms with Crippen LogP contribution in [0, 0.1) is 0 Å². The Morgan fingerprint density at radius 3 is 2.81 bits per heavy atom. The van der Waals surface area contributed by atoms with Crippen molar-refractivity contribution >= 4 is 11.6 Å². The van der Waals surface area contributed by atoms with E-state index >= 15 is 0 Å². The van der Waals surface area contributed by atoms with Gasteiger partial charge in [0.25, 0.3) is 0 Å². The molecule has 2 aromatic heterocycles. The van der Waals surface area contributed by atoms with Gasteiger partial charge in [-0.05, 0) is 23.8 Å². The maximum absolute atomic E-state index is 6.20. The fourth-order valence-corrected chi connectivity index (χ4v) is 2.49. The van der Waals surface area contributed by atoms with E-state index in [0.29, 0.717) is 6.54 Å². The van der Waals surface area contributed by atoms with E-state index in [2.05, 4.69) is 10.3 Å². The van der Waals surface area contributed by atoms with E-state index in [1.807, 2.05) is 54.2 Å². The number of aromatic nitrogens is 2. The highest BCUT2D eigenvalue weighted by Crippen LogP contribution is 2.22. The quantitative estimate of drug-likeness (QED) is 0.784. The van der Waals surface area contributed by atoms with E-state index in [4.69, 9.17) is 16.0 Å². The maximum Gasteiger partial charge on any atom is 0.133 e. The SMILES string of the molecule is Cn1ccnc1C(NCc1ccccc1Cl)c1ccco1. The lowest BCUT2D eigenvalue weighted by Gasteiger charge is -2.17. The van der Waals surface area contributed by atoms with Crippen LogP contribution in [0.5, 0.6) is 0 Å². The lowest BCUT2D eigenvalue weighted by Crippen LogP contribution is -2.24. The number of rotatable bonds is 5. The van der Waals surface area contributed by atoms with Crippen molar-refractivity contribution in [2.24, 2.45) is 7.05 Å². The summed E-state index contributed by atoms with van der Waals surface area (Å²) in [4.78, 5) is 4.41. The first-order valence-electron chi connectivity index (χ1n) is 6.73. The number of hydrogen-bond donors (Lipinski definition) is 1. The predicted octanol–water partition coefficient (Wildman–Crippen LogP) is 3.55. The Labute approximate surface area is 128 Å². The molecule has 3 rings (SSSR count). The lowest BCUT2D eigenvalue weighted by atomic mass is 10.1. The van der Waals surface area contributed by atoms with Gasteiger partial charge in [0.2, 0.25) is 0 Å². The van der Waals surface area contributed by atoms with Crippen LogP contribution >= 0.6 is 11.6 Å². The summed E-state index contributed by atoms with van der Waals surface area (Å²) < 4.78 is 7.52. The van der Waals surface area contributed by atoms with Crippen LogP contribution in [0.2, 0.25) is 5.02 Å². The van der Waals surface area contributed by atoms with E-state index in [0.717, 1.165) is 22.2 Å². The minimum Gasteiger partial charge on any atom is -0.467 e. The van der Waals surface area contributed by atoms with Gasteiger partial charge in [0.1, 0.15) is 17.6 Å². The molecule has 0 bridgehead atoms. The van der Waals surface area contributed by atoms with Gasteiger partial charge < -0.3 is 8.98 Å². The van der Waals surface area contributed by atoms with Gasteiger partial charge in [0, 0.05) is 31.0 Å². The lowest BCUT2D eigenvalue weighted by molar-refractivity contribution is 0.429. The van der Waals surface area contributed by atoms with Crippen LogP contribution in [0.1, 0.15) is 23.2 Å². The van der Waals surface area contributed by atoms with Crippen molar-refractivity contribution in [1.29, 1.82) is 0 Å². The standard InChI is InChI=1S/C16H16ClN3O/c1-20-9-8-18-16(20)15(14-7-4-10-21-14)19-11-12-5-2-3-6-13(12)17/h2-10,15,19H,11H2,1H3. The molecule has 21 heavy (non-hydrogen) atoms. The Bertz CT molecular complexity index is 706. The van der Waals surface area contributed by atoms with Crippen LogP contribution in [-0.4, -0.2) is 9.55 Å². The van der Waals surface area contributed by atoms with E-state index in [9.17, 15) is 0 Å². The Kier molecular flexibility index (Phi) is 4.08. The Balaban J connectivity index is 1.84. The summed E-state index contributed by atoms with van der Waals surface area (Å²) in [5.41, 5.74) is 1.05. The first kappa shape index (κ1) is 13.9. The van der Waals surface area contributed by atoms with Crippen molar-refractivity contribution in [3.8, 4) is 0 Å². The molecule has 0 amide bonds. The van der Waals surface area contributed by atoms with Gasteiger partial charge >= 0.3 is 0 Å². The molecule has 1 unspecified atom stereocenters. The van der Waals surface area contributed by atoms with Crippen molar-refractivity contribution in [1.82, 2.24) is 14.9 Å². The van der Waals surface area contributed by atoms with Gasteiger partial charge in [-0.1, -0.05) is 29.8 Å². The van der Waals surface area contributed by atoms with E-state index in [1.165, 1.54) is 0 Å². The number of nitrogens with one attached hydrogen (secondary N) is 1. The third-order valence-corrected chi connectivity index (χ3v) is 3.77. The van der Waals surface area contributed by atoms with Crippen molar-refractivity contribution < 1.29 is 4.42 Å². The van der Waals surface area contributed by atoms with Crippen LogP contribution in [0.25, 0.3) is 0 Å². The summed E-state index contributed by atoms with van der Waals surface area (Å²) >= 11 is 6.20. The predicted molar refractivity (Wildman–Crippen MR) is 82.1 cm³/mol. The second kappa shape index (κ2) is 6.16. The summed E-state index contributed by atoms with van der Waals surface area (Å²) in [5, 5.41) is 4.21. The molecule has 108 valence electrons. The highest BCUT2D eigenvalue weighted by molar-refractivity contribution is 6.31. The van der Waals surface area contributed by atoms with Gasteiger partial charge in [0.05, 0.1) is 6.26 Å². The number of nitrogens with zero attached hydrogens (tertiary/aromatic N) is 2. The summed E-state index contributed by atoms with van der Waals surface area (Å²) in [6.07, 6.45) is 5.37. The molecular weight excluding hydrogens is 286 g/mol. The second-order valence-electron chi connectivity index (χ2n) is 4.82. The van der Waals surface area contributed by atoms with Crippen molar-refractivity contribution in [2.75, 3.05) is 0 Å². The average Bonchev–Trinajstić information content (AvgIpc) is 3.14. The van der Waals surface area contributed by atoms with Crippen LogP contribution in [0.15, 0.2) is 59.5 Å². The van der Waals surface area contributed by atoms with E-state index < -0.39 is 0 Å². The van der Waals surface area contributed by atoms with Gasteiger partial charge in [-0.2, -0.15) is 0 Å². The second-order valence-corrected chi connectivity index (χ2v) is 5.22. The van der Waals surface area contributed by atoms with Crippen molar-refractivity contribution in [2.45, 2.75) is 12.6 Å². The Morgan fingerprint density at radius 1 is 1.29 bits per heavy atom. The normalized spacial score (nSPS) is 12.5. The molecule has 5 heteroatoms. The summed E-state index contributed by atoms with van der Waals surface area (Å²) in [5.74, 6) is 1.73. The van der Waals surface area contributed by atoms with Crippen LogP contribution < -0.4 is 5.32 Å². The highest BCUT2D eigenvalue weighted by Gasteiger charge is 2.20. The first-order valence-corrected chi connectivity index (χ1v) is 7.11. The molecule has 0 aliphatic rings. The average molecular weight is 302 g/mol. The zero-order valence-electron chi connectivity index (χ0n) is 11.7. The summed E-state index contributed by atoms with van der Waals surface area (Å²) in [7, 11) is 1.97. The molecule has 2 heterocycles. The molecule has 0 saturated heterocycles. The van der Waals surface area contributed by atoms with Gasteiger partial charge in [-0.15, -0.1) is 0 Å². The van der Waals surface area contributed by atoms with Crippen LogP contribution in [0.4, 0.5) is 0 Å². The molecule has 1 N–H and O–H groups in total. The van der Waals surface area contributed by atoms with Gasteiger partial charge in [0.15, 0.2) is 0 Å². The smallest absolute Gasteiger partial charge is 0.133 e. The number of halogens is 1. The zero-order chi connectivity index (χ0) is 14.7. The topological polar surface area (TPSA) is 43.0 Å². The molecule has 0 aliphatic heterocycles. The summed E-state index contributed by atoms with van der Waals surface area (Å²) in [6, 6.07) is 11.5. The first-order chi connectivity index (χ1) is 10.3. The van der Waals surface area contributed by atoms with Gasteiger partial charge in [-0.3, -0.25) is 5.32 Å². The van der Waals surface area contributed by atoms with Gasteiger partial charge in [-0.25, -0.2) is 4.98 Å². The minimum atomic E-state index is -0.115. The highest BCUT2D eigenvalue weighted by atomic mass is 35.5. The molecule has 3 aromatic rings. The molecule has 0 radical (unpaired) electrons. The number of benzene rings is 1. The molecule has 1 aromatic carbocycles. The zero-order valence-corrected chi connectivity index (χ0v) is 12.4. The molecule has 0 spiro atoms. The third-order valence-electron chi connectivity index (χ3n) is 3.40. The van der Waals surface area contributed by atoms with Crippen molar-refractivity contribution in [3.63, 3.8) is 0 Å². The third kappa shape index (κ3) is 3.01. The number of hydrogen-bond acceptors (Lipinski definition) is 3. The fraction of sp³-hybridized carbons (Fsp3) is 0.188. The molecule has 0 fully saturated rings. The number of imidazole rings is 1. The van der Waals surface area contributed by atoms with Crippen molar-refractivity contribution in [3.05, 3.63) is 77.2 Å². The largest absolute Gasteiger partial charge is 0.467 e. The van der Waals surface area contributed by atoms with E-state index in [-0.39, 0.29) is 6.04 Å². The molecule has 4 nitrogen and oxygen atoms in total. The maximum atomic E-state index is 6.20. The molecule has 1 atom stereocenters. The molecule has 0 saturated carbocycles. The summed E-state index contributed by atoms with van der Waals surface area (Å²) in [6.45, 7) is 0.637. The monoisotopic (exact) mass is 301 g/mol. The Hall–Kier alpha value is -2.04. The Morgan fingerprint density at radius 2 is 2.14 bits per heavy atom. The number of furan rings is 1. The van der Waals surface area contributed by atoms with Crippen LogP contribution in [0.3, 0.4) is 0 Å². The van der Waals surface area contributed by atoms with E-state index in [1.54, 1.807) is 12.5 Å². The fourth-order valence-electron chi connectivity index (χ4n) is 2.28. The molecular formula is C16H16ClN3O.